The number of aliphatic hydroxyl groups is 2. The number of nitrogens with two attached hydrogens (primary N) is 1. The van der Waals surface area contributed by atoms with E-state index in [1.54, 1.807) is 13.8 Å². The van der Waals surface area contributed by atoms with Crippen molar-refractivity contribution in [2.24, 2.45) is 0 Å². The maximum Gasteiger partial charge on any atom is 0.363 e. The molecular weight excluding hydrogens is 471 g/mol. The number of ether oxygens (including phenoxy) is 2. The summed E-state index contributed by atoms with van der Waals surface area (Å²) in [6.07, 6.45) is -4.14. The number of rotatable bonds is 8. The summed E-state index contributed by atoms with van der Waals surface area (Å²) in [6, 6.07) is 0. The van der Waals surface area contributed by atoms with Crippen molar-refractivity contribution in [2.75, 3.05) is 25.4 Å². The minimum atomic E-state index is -4.98. The van der Waals surface area contributed by atoms with Gasteiger partial charge >= 0.3 is 7.60 Å². The van der Waals surface area contributed by atoms with Crippen LogP contribution in [0.25, 0.3) is 11.2 Å². The summed E-state index contributed by atoms with van der Waals surface area (Å²) < 4.78 is 24.0. The lowest BCUT2D eigenvalue weighted by atomic mass is 10.1. The molecule has 2 aromatic rings. The van der Waals surface area contributed by atoms with Crippen LogP contribution in [0.15, 0.2) is 6.33 Å². The largest absolute Gasteiger partial charge is 0.387 e. The SMILES string of the molecule is CCN(CC)C(=O)[C@H](OC[C@H]1O[C@@H](n2cnc3c(N)nc(Cl)nc32)[C@H](O)[C@@H]1O)P(=O)(O)O. The number of hydrogen-bond donors (Lipinski definition) is 5. The summed E-state index contributed by atoms with van der Waals surface area (Å²) in [7, 11) is -4.98. The Balaban J connectivity index is 1.79. The maximum absolute atomic E-state index is 12.5. The number of likely N-dealkylation sites (N-methyl/N-ethyl adjacent to an activating group) is 1. The zero-order valence-electron chi connectivity index (χ0n) is 17.1. The molecule has 14 nitrogen and oxygen atoms in total. The van der Waals surface area contributed by atoms with Crippen LogP contribution in [0.3, 0.4) is 0 Å². The van der Waals surface area contributed by atoms with Gasteiger partial charge in [0.25, 0.3) is 5.91 Å². The third-order valence-corrected chi connectivity index (χ3v) is 6.19. The zero-order valence-corrected chi connectivity index (χ0v) is 18.8. The number of hydrogen-bond acceptors (Lipinski definition) is 10. The highest BCUT2D eigenvalue weighted by Gasteiger charge is 2.46. The number of aliphatic hydroxyl groups excluding tert-OH is 2. The average molecular weight is 495 g/mol. The van der Waals surface area contributed by atoms with Crippen LogP contribution in [0, 0.1) is 0 Å². The number of fused-ring (bicyclic) bond motifs is 1. The van der Waals surface area contributed by atoms with Gasteiger partial charge in [-0.3, -0.25) is 13.9 Å². The second-order valence-corrected chi connectivity index (χ2v) is 9.02. The molecule has 1 amide bonds. The predicted octanol–water partition coefficient (Wildman–Crippen LogP) is -0.930. The van der Waals surface area contributed by atoms with Crippen molar-refractivity contribution in [3.8, 4) is 0 Å². The quantitative estimate of drug-likeness (QED) is 0.223. The minimum absolute atomic E-state index is 0.00562. The summed E-state index contributed by atoms with van der Waals surface area (Å²) in [6.45, 7) is 3.17. The molecule has 0 saturated carbocycles. The Hall–Kier alpha value is -1.90. The monoisotopic (exact) mass is 494 g/mol. The molecule has 0 aliphatic carbocycles. The molecule has 5 atom stereocenters. The fraction of sp³-hybridized carbons (Fsp3) is 0.625. The maximum atomic E-state index is 12.5. The van der Waals surface area contributed by atoms with Gasteiger partial charge in [0, 0.05) is 13.1 Å². The van der Waals surface area contributed by atoms with Crippen LogP contribution in [-0.2, 0) is 18.8 Å². The summed E-state index contributed by atoms with van der Waals surface area (Å²) >= 11 is 5.83. The van der Waals surface area contributed by atoms with Crippen LogP contribution >= 0.6 is 19.2 Å². The topological polar surface area (TPSA) is 206 Å². The number of aromatic nitrogens is 4. The van der Waals surface area contributed by atoms with E-state index >= 15 is 0 Å². The first-order valence-corrected chi connectivity index (χ1v) is 11.7. The molecular formula is C16H24ClN6O8P. The summed E-state index contributed by atoms with van der Waals surface area (Å²) in [5.41, 5.74) is 6.11. The van der Waals surface area contributed by atoms with Crippen LogP contribution in [-0.4, -0.2) is 94.2 Å². The average Bonchev–Trinajstić information content (AvgIpc) is 3.24. The van der Waals surface area contributed by atoms with Crippen molar-refractivity contribution in [3.63, 3.8) is 0 Å². The Morgan fingerprint density at radius 3 is 2.59 bits per heavy atom. The van der Waals surface area contributed by atoms with Gasteiger partial charge in [-0.25, -0.2) is 4.98 Å². The number of amides is 1. The molecule has 3 rings (SSSR count). The highest BCUT2D eigenvalue weighted by atomic mass is 35.5. The van der Waals surface area contributed by atoms with Crippen LogP contribution in [0.1, 0.15) is 20.1 Å². The molecule has 0 bridgehead atoms. The fourth-order valence-corrected chi connectivity index (χ4v) is 4.29. The Labute approximate surface area is 187 Å². The van der Waals surface area contributed by atoms with E-state index < -0.39 is 50.5 Å². The molecule has 1 saturated heterocycles. The van der Waals surface area contributed by atoms with Crippen LogP contribution in [0.4, 0.5) is 5.82 Å². The van der Waals surface area contributed by atoms with E-state index in [1.807, 2.05) is 0 Å². The standard InChI is InChI=1S/C16H24ClN6O8P/c1-3-22(4-2)13(26)15(32(27,28)29)30-5-7-9(24)10(25)14(31-7)23-6-19-8-11(18)20-16(17)21-12(8)23/h6-7,9-10,14-15,24-25H,3-5H2,1-2H3,(H2,18,20,21)(H2,27,28,29)/t7-,9-,10-,14-,15-/m1/s1. The van der Waals surface area contributed by atoms with E-state index in [-0.39, 0.29) is 35.4 Å². The summed E-state index contributed by atoms with van der Waals surface area (Å²) in [4.78, 5) is 44.7. The second kappa shape index (κ2) is 9.53. The van der Waals surface area contributed by atoms with Gasteiger partial charge in [-0.05, 0) is 25.4 Å². The minimum Gasteiger partial charge on any atom is -0.387 e. The molecule has 32 heavy (non-hydrogen) atoms. The van der Waals surface area contributed by atoms with Crippen molar-refractivity contribution in [1.29, 1.82) is 0 Å². The number of nitrogens with zero attached hydrogens (tertiary/aromatic N) is 5. The number of anilines is 1. The molecule has 0 radical (unpaired) electrons. The first-order chi connectivity index (χ1) is 15.0. The van der Waals surface area contributed by atoms with Crippen LogP contribution in [0.2, 0.25) is 5.28 Å². The van der Waals surface area contributed by atoms with Crippen molar-refractivity contribution < 1.29 is 38.8 Å². The van der Waals surface area contributed by atoms with Crippen LogP contribution < -0.4 is 5.73 Å². The molecule has 1 aliphatic rings. The fourth-order valence-electron chi connectivity index (χ4n) is 3.38. The van der Waals surface area contributed by atoms with E-state index in [1.165, 1.54) is 15.8 Å². The van der Waals surface area contributed by atoms with Gasteiger partial charge < -0.3 is 40.1 Å². The second-order valence-electron chi connectivity index (χ2n) is 7.03. The Bertz CT molecular complexity index is 1030. The van der Waals surface area contributed by atoms with Crippen molar-refractivity contribution in [2.45, 2.75) is 44.2 Å². The smallest absolute Gasteiger partial charge is 0.363 e. The van der Waals surface area contributed by atoms with Crippen molar-refractivity contribution >= 4 is 42.1 Å². The number of halogens is 1. The molecule has 0 aromatic carbocycles. The van der Waals surface area contributed by atoms with Gasteiger partial charge in [-0.2, -0.15) is 9.97 Å². The summed E-state index contributed by atoms with van der Waals surface area (Å²) in [5, 5.41) is 20.7. The number of carbonyl (C=O) groups is 1. The van der Waals surface area contributed by atoms with Gasteiger partial charge in [0.15, 0.2) is 17.7 Å². The predicted molar refractivity (Wildman–Crippen MR) is 110 cm³/mol. The molecule has 1 aliphatic heterocycles. The molecule has 0 unspecified atom stereocenters. The third kappa shape index (κ3) is 4.72. The van der Waals surface area contributed by atoms with Gasteiger partial charge in [-0.15, -0.1) is 0 Å². The van der Waals surface area contributed by atoms with E-state index in [9.17, 15) is 29.4 Å². The first kappa shape index (κ1) is 24.7. The Morgan fingerprint density at radius 1 is 1.34 bits per heavy atom. The van der Waals surface area contributed by atoms with E-state index in [2.05, 4.69) is 15.0 Å². The van der Waals surface area contributed by atoms with Gasteiger partial charge in [-0.1, -0.05) is 0 Å². The highest BCUT2D eigenvalue weighted by molar-refractivity contribution is 7.53. The van der Waals surface area contributed by atoms with E-state index in [0.717, 1.165) is 0 Å². The van der Waals surface area contributed by atoms with Crippen LogP contribution in [0.5, 0.6) is 0 Å². The van der Waals surface area contributed by atoms with Gasteiger partial charge in [0.05, 0.1) is 12.9 Å². The Kier molecular flexibility index (Phi) is 7.37. The van der Waals surface area contributed by atoms with Crippen molar-refractivity contribution in [1.82, 2.24) is 24.4 Å². The molecule has 2 aromatic heterocycles. The van der Waals surface area contributed by atoms with E-state index in [0.29, 0.717) is 0 Å². The van der Waals surface area contributed by atoms with E-state index in [4.69, 9.17) is 26.8 Å². The molecule has 1 fully saturated rings. The Morgan fingerprint density at radius 2 is 2.00 bits per heavy atom. The lowest BCUT2D eigenvalue weighted by Crippen LogP contribution is -2.42. The number of nitrogen functional groups attached to an aromatic ring is 1. The molecule has 6 N–H and O–H groups in total. The molecule has 3 heterocycles. The highest BCUT2D eigenvalue weighted by Crippen LogP contribution is 2.43. The molecule has 178 valence electrons. The van der Waals surface area contributed by atoms with Gasteiger partial charge in [0.1, 0.15) is 23.8 Å². The number of carbonyl (C=O) groups excluding carboxylic acids is 1. The van der Waals surface area contributed by atoms with Gasteiger partial charge in [0.2, 0.25) is 11.1 Å². The molecule has 16 heteroatoms. The lowest BCUT2D eigenvalue weighted by molar-refractivity contribution is -0.142. The normalized spacial score (nSPS) is 24.7. The van der Waals surface area contributed by atoms with Crippen molar-refractivity contribution in [3.05, 3.63) is 11.6 Å². The molecule has 0 spiro atoms. The first-order valence-electron chi connectivity index (χ1n) is 9.62. The number of imidazole rings is 1. The zero-order chi connectivity index (χ0) is 23.8. The summed E-state index contributed by atoms with van der Waals surface area (Å²) in [5.74, 6) is -2.96. The lowest BCUT2D eigenvalue weighted by Gasteiger charge is -2.26. The third-order valence-electron chi connectivity index (χ3n) is 5.04.